The standard InChI is InChI=1S/C14H10N2O3S2/c17-14(11-4-2-1-3-5-11)16-21(18,19)13-8-6-12(7-9-13)15-10-20/h1-9H,(H,16,17). The minimum atomic E-state index is -3.93. The molecule has 0 atom stereocenters. The Morgan fingerprint density at radius 2 is 1.67 bits per heavy atom. The van der Waals surface area contributed by atoms with Crippen molar-refractivity contribution in [2.75, 3.05) is 0 Å². The molecular formula is C14H10N2O3S2. The summed E-state index contributed by atoms with van der Waals surface area (Å²) in [6, 6.07) is 13.7. The lowest BCUT2D eigenvalue weighted by Gasteiger charge is -2.07. The Labute approximate surface area is 127 Å². The van der Waals surface area contributed by atoms with Crippen molar-refractivity contribution in [1.29, 1.82) is 0 Å². The number of nitrogens with zero attached hydrogens (tertiary/aromatic N) is 1. The number of amides is 1. The molecule has 0 aliphatic heterocycles. The molecule has 0 saturated heterocycles. The lowest BCUT2D eigenvalue weighted by molar-refractivity contribution is 0.0981. The van der Waals surface area contributed by atoms with Crippen LogP contribution in [0.15, 0.2) is 64.5 Å². The Hall–Kier alpha value is -2.34. The molecule has 0 fully saturated rings. The molecule has 0 unspecified atom stereocenters. The molecule has 0 heterocycles. The van der Waals surface area contributed by atoms with E-state index in [1.54, 1.807) is 18.2 Å². The van der Waals surface area contributed by atoms with Crippen molar-refractivity contribution in [2.24, 2.45) is 4.99 Å². The van der Waals surface area contributed by atoms with Crippen LogP contribution in [0.4, 0.5) is 5.69 Å². The van der Waals surface area contributed by atoms with Crippen LogP contribution >= 0.6 is 12.2 Å². The maximum absolute atomic E-state index is 12.1. The van der Waals surface area contributed by atoms with Gasteiger partial charge in [0.2, 0.25) is 0 Å². The predicted molar refractivity (Wildman–Crippen MR) is 82.2 cm³/mol. The van der Waals surface area contributed by atoms with Gasteiger partial charge < -0.3 is 0 Å². The number of thiocarbonyl (C=S) groups is 1. The summed E-state index contributed by atoms with van der Waals surface area (Å²) in [4.78, 5) is 15.6. The van der Waals surface area contributed by atoms with Gasteiger partial charge in [-0.25, -0.2) is 13.1 Å². The van der Waals surface area contributed by atoms with Crippen LogP contribution in [0.1, 0.15) is 10.4 Å². The van der Waals surface area contributed by atoms with Crippen LogP contribution in [0.2, 0.25) is 0 Å². The van der Waals surface area contributed by atoms with E-state index < -0.39 is 15.9 Å². The van der Waals surface area contributed by atoms with Crippen molar-refractivity contribution >= 4 is 39.0 Å². The molecule has 1 amide bonds. The van der Waals surface area contributed by atoms with Crippen molar-refractivity contribution in [3.63, 3.8) is 0 Å². The Bertz CT molecular complexity index is 794. The lowest BCUT2D eigenvalue weighted by atomic mass is 10.2. The summed E-state index contributed by atoms with van der Waals surface area (Å²) >= 11 is 4.46. The maximum atomic E-state index is 12.1. The molecule has 5 nitrogen and oxygen atoms in total. The molecule has 2 aromatic carbocycles. The highest BCUT2D eigenvalue weighted by Gasteiger charge is 2.18. The third-order valence-electron chi connectivity index (χ3n) is 2.58. The highest BCUT2D eigenvalue weighted by Crippen LogP contribution is 2.16. The summed E-state index contributed by atoms with van der Waals surface area (Å²) in [6.07, 6.45) is 0. The average molecular weight is 318 g/mol. The van der Waals surface area contributed by atoms with Crippen molar-refractivity contribution in [2.45, 2.75) is 4.90 Å². The fourth-order valence-electron chi connectivity index (χ4n) is 1.58. The lowest BCUT2D eigenvalue weighted by Crippen LogP contribution is -2.30. The number of benzene rings is 2. The molecule has 1 N–H and O–H groups in total. The molecular weight excluding hydrogens is 308 g/mol. The summed E-state index contributed by atoms with van der Waals surface area (Å²) < 4.78 is 26.2. The van der Waals surface area contributed by atoms with Crippen LogP contribution in [0, 0.1) is 0 Å². The summed E-state index contributed by atoms with van der Waals surface area (Å²) in [5.74, 6) is -0.684. The van der Waals surface area contributed by atoms with Crippen LogP contribution in [-0.2, 0) is 10.0 Å². The molecule has 0 bridgehead atoms. The van der Waals surface area contributed by atoms with Gasteiger partial charge >= 0.3 is 0 Å². The second-order valence-electron chi connectivity index (χ2n) is 4.00. The number of rotatable bonds is 4. The Morgan fingerprint density at radius 1 is 1.05 bits per heavy atom. The highest BCUT2D eigenvalue weighted by molar-refractivity contribution is 7.90. The van der Waals surface area contributed by atoms with Crippen LogP contribution in [-0.4, -0.2) is 19.5 Å². The first-order valence-corrected chi connectivity index (χ1v) is 7.72. The molecule has 0 radical (unpaired) electrons. The van der Waals surface area contributed by atoms with E-state index in [4.69, 9.17) is 0 Å². The maximum Gasteiger partial charge on any atom is 0.264 e. The molecule has 106 valence electrons. The minimum Gasteiger partial charge on any atom is -0.268 e. The molecule has 0 spiro atoms. The van der Waals surface area contributed by atoms with Crippen molar-refractivity contribution in [3.05, 3.63) is 60.2 Å². The molecule has 2 aromatic rings. The van der Waals surface area contributed by atoms with E-state index in [-0.39, 0.29) is 10.5 Å². The first-order chi connectivity index (χ1) is 10.0. The topological polar surface area (TPSA) is 75.6 Å². The SMILES string of the molecule is O=C(NS(=O)(=O)c1ccc(N=C=S)cc1)c1ccccc1. The van der Waals surface area contributed by atoms with Crippen LogP contribution < -0.4 is 4.72 Å². The number of sulfonamides is 1. The second-order valence-corrected chi connectivity index (χ2v) is 5.86. The van der Waals surface area contributed by atoms with E-state index in [0.29, 0.717) is 5.69 Å². The first kappa shape index (κ1) is 15.1. The van der Waals surface area contributed by atoms with E-state index in [9.17, 15) is 13.2 Å². The van der Waals surface area contributed by atoms with Crippen molar-refractivity contribution in [3.8, 4) is 0 Å². The van der Waals surface area contributed by atoms with Gasteiger partial charge in [0, 0.05) is 5.56 Å². The number of aliphatic imine (C=N–C) groups is 1. The second kappa shape index (κ2) is 6.41. The van der Waals surface area contributed by atoms with Gasteiger partial charge in [-0.3, -0.25) is 4.79 Å². The van der Waals surface area contributed by atoms with E-state index in [0.717, 1.165) is 0 Å². The Balaban J connectivity index is 2.22. The zero-order valence-electron chi connectivity index (χ0n) is 10.7. The number of carbonyl (C=O) groups is 1. The third kappa shape index (κ3) is 3.82. The first-order valence-electron chi connectivity index (χ1n) is 5.83. The smallest absolute Gasteiger partial charge is 0.264 e. The van der Waals surface area contributed by atoms with E-state index in [1.165, 1.54) is 36.4 Å². The van der Waals surface area contributed by atoms with E-state index in [1.807, 2.05) is 4.72 Å². The van der Waals surface area contributed by atoms with Gasteiger partial charge in [0.05, 0.1) is 15.7 Å². The molecule has 2 rings (SSSR count). The van der Waals surface area contributed by atoms with Crippen LogP contribution in [0.25, 0.3) is 0 Å². The number of hydrogen-bond donors (Lipinski definition) is 1. The average Bonchev–Trinajstić information content (AvgIpc) is 2.48. The van der Waals surface area contributed by atoms with Gasteiger partial charge in [-0.2, -0.15) is 4.99 Å². The molecule has 0 aliphatic rings. The zero-order valence-corrected chi connectivity index (χ0v) is 12.3. The number of hydrogen-bond acceptors (Lipinski definition) is 5. The van der Waals surface area contributed by atoms with Gasteiger partial charge in [0.25, 0.3) is 15.9 Å². The predicted octanol–water partition coefficient (Wildman–Crippen LogP) is 2.54. The normalized spacial score (nSPS) is 10.5. The third-order valence-corrected chi connectivity index (χ3v) is 4.02. The van der Waals surface area contributed by atoms with Gasteiger partial charge in [0.1, 0.15) is 0 Å². The molecule has 0 saturated carbocycles. The molecule has 0 aromatic heterocycles. The van der Waals surface area contributed by atoms with E-state index in [2.05, 4.69) is 22.4 Å². The Kier molecular flexibility index (Phi) is 4.59. The monoisotopic (exact) mass is 318 g/mol. The number of carbonyl (C=O) groups excluding carboxylic acids is 1. The number of isothiocyanates is 1. The van der Waals surface area contributed by atoms with Gasteiger partial charge in [-0.1, -0.05) is 18.2 Å². The van der Waals surface area contributed by atoms with Crippen LogP contribution in [0.3, 0.4) is 0 Å². The molecule has 21 heavy (non-hydrogen) atoms. The molecule has 0 aliphatic carbocycles. The largest absolute Gasteiger partial charge is 0.268 e. The van der Waals surface area contributed by atoms with Crippen LogP contribution in [0.5, 0.6) is 0 Å². The van der Waals surface area contributed by atoms with E-state index >= 15 is 0 Å². The highest BCUT2D eigenvalue weighted by atomic mass is 32.2. The summed E-state index contributed by atoms with van der Waals surface area (Å²) in [5, 5.41) is 2.19. The fraction of sp³-hybridized carbons (Fsp3) is 0. The Morgan fingerprint density at radius 3 is 2.24 bits per heavy atom. The van der Waals surface area contributed by atoms with Gasteiger partial charge in [-0.05, 0) is 48.6 Å². The summed E-state index contributed by atoms with van der Waals surface area (Å²) in [7, 11) is -3.93. The zero-order chi connectivity index (χ0) is 15.3. The fourth-order valence-corrected chi connectivity index (χ4v) is 2.66. The summed E-state index contributed by atoms with van der Waals surface area (Å²) in [5.41, 5.74) is 0.751. The van der Waals surface area contributed by atoms with Crippen molar-refractivity contribution in [1.82, 2.24) is 4.72 Å². The van der Waals surface area contributed by atoms with Gasteiger partial charge in [-0.15, -0.1) is 0 Å². The molecule has 7 heteroatoms. The quantitative estimate of drug-likeness (QED) is 0.694. The summed E-state index contributed by atoms with van der Waals surface area (Å²) in [6.45, 7) is 0. The van der Waals surface area contributed by atoms with Gasteiger partial charge in [0.15, 0.2) is 0 Å². The minimum absolute atomic E-state index is 0.0323. The number of nitrogens with one attached hydrogen (secondary N) is 1. The van der Waals surface area contributed by atoms with Crippen molar-refractivity contribution < 1.29 is 13.2 Å².